The van der Waals surface area contributed by atoms with Gasteiger partial charge in [-0.05, 0) is 26.8 Å². The van der Waals surface area contributed by atoms with E-state index in [0.717, 1.165) is 19.4 Å². The predicted octanol–water partition coefficient (Wildman–Crippen LogP) is 1.44. The number of fused-ring (bicyclic) bond motifs is 2. The molecule has 2 aliphatic rings. The molecule has 10 heavy (non-hydrogen) atoms. The molecule has 58 valence electrons. The molecule has 0 aromatic rings. The van der Waals surface area contributed by atoms with Crippen molar-refractivity contribution >= 4 is 0 Å². The number of nitrogens with zero attached hydrogens (tertiary/aromatic N) is 1. The van der Waals surface area contributed by atoms with Crippen LogP contribution >= 0.6 is 0 Å². The maximum absolute atomic E-state index is 13.5. The monoisotopic (exact) mass is 143 g/mol. The van der Waals surface area contributed by atoms with E-state index in [0.29, 0.717) is 12.0 Å². The second kappa shape index (κ2) is 1.73. The zero-order valence-corrected chi connectivity index (χ0v) is 6.60. The van der Waals surface area contributed by atoms with Gasteiger partial charge in [-0.2, -0.15) is 0 Å². The van der Waals surface area contributed by atoms with Gasteiger partial charge in [-0.15, -0.1) is 0 Å². The molecule has 2 fully saturated rings. The third-order valence-corrected chi connectivity index (χ3v) is 3.17. The molecule has 2 bridgehead atoms. The van der Waals surface area contributed by atoms with Crippen LogP contribution in [0.2, 0.25) is 0 Å². The lowest BCUT2D eigenvalue weighted by Crippen LogP contribution is -2.39. The molecule has 0 N–H and O–H groups in total. The Kier molecular flexibility index (Phi) is 1.14. The van der Waals surface area contributed by atoms with Crippen LogP contribution in [-0.4, -0.2) is 30.2 Å². The van der Waals surface area contributed by atoms with Gasteiger partial charge >= 0.3 is 0 Å². The molecule has 0 spiro atoms. The molecule has 1 saturated carbocycles. The average Bonchev–Trinajstić information content (AvgIpc) is 2.21. The minimum Gasteiger partial charge on any atom is -0.303 e. The summed E-state index contributed by atoms with van der Waals surface area (Å²) in [6.45, 7) is 2.72. The van der Waals surface area contributed by atoms with Gasteiger partial charge in [0, 0.05) is 18.5 Å². The SMILES string of the molecule is CN1C[C@@H]2C[C@H]1CC2(C)F. The summed E-state index contributed by atoms with van der Waals surface area (Å²) in [6.07, 6.45) is 1.84. The van der Waals surface area contributed by atoms with Gasteiger partial charge in [-0.1, -0.05) is 0 Å². The van der Waals surface area contributed by atoms with E-state index in [2.05, 4.69) is 11.9 Å². The highest BCUT2D eigenvalue weighted by Crippen LogP contribution is 2.46. The van der Waals surface area contributed by atoms with Gasteiger partial charge in [-0.25, -0.2) is 4.39 Å². The maximum Gasteiger partial charge on any atom is 0.113 e. The van der Waals surface area contributed by atoms with Crippen molar-refractivity contribution in [2.24, 2.45) is 5.92 Å². The highest BCUT2D eigenvalue weighted by atomic mass is 19.1. The van der Waals surface area contributed by atoms with Gasteiger partial charge < -0.3 is 4.90 Å². The topological polar surface area (TPSA) is 3.24 Å². The highest BCUT2D eigenvalue weighted by Gasteiger charge is 2.50. The van der Waals surface area contributed by atoms with Crippen molar-refractivity contribution in [2.75, 3.05) is 13.6 Å². The quantitative estimate of drug-likeness (QED) is 0.496. The van der Waals surface area contributed by atoms with E-state index in [-0.39, 0.29) is 0 Å². The summed E-state index contributed by atoms with van der Waals surface area (Å²) in [6, 6.07) is 0.542. The molecule has 0 amide bonds. The summed E-state index contributed by atoms with van der Waals surface area (Å²) in [5.74, 6) is 0.322. The van der Waals surface area contributed by atoms with Crippen molar-refractivity contribution < 1.29 is 4.39 Å². The first kappa shape index (κ1) is 6.59. The summed E-state index contributed by atoms with van der Waals surface area (Å²) in [4.78, 5) is 2.28. The van der Waals surface area contributed by atoms with E-state index in [1.807, 2.05) is 0 Å². The number of likely N-dealkylation sites (tertiary alicyclic amines) is 1. The zero-order chi connectivity index (χ0) is 7.35. The molecule has 3 atom stereocenters. The number of rotatable bonds is 0. The second-order valence-electron chi connectivity index (χ2n) is 4.01. The van der Waals surface area contributed by atoms with Gasteiger partial charge in [0.15, 0.2) is 0 Å². The van der Waals surface area contributed by atoms with E-state index < -0.39 is 5.67 Å². The minimum absolute atomic E-state index is 0.322. The normalized spacial score (nSPS) is 54.3. The molecule has 0 aromatic heterocycles. The molecule has 1 aliphatic carbocycles. The van der Waals surface area contributed by atoms with Crippen LogP contribution in [0.4, 0.5) is 4.39 Å². The van der Waals surface area contributed by atoms with Crippen LogP contribution < -0.4 is 0 Å². The highest BCUT2D eigenvalue weighted by molar-refractivity contribution is 5.03. The summed E-state index contributed by atoms with van der Waals surface area (Å²) < 4.78 is 13.5. The van der Waals surface area contributed by atoms with Crippen molar-refractivity contribution in [2.45, 2.75) is 31.5 Å². The first-order valence-electron chi connectivity index (χ1n) is 3.99. The Morgan fingerprint density at radius 2 is 2.30 bits per heavy atom. The summed E-state index contributed by atoms with van der Waals surface area (Å²) >= 11 is 0. The lowest BCUT2D eigenvalue weighted by Gasteiger charge is -2.30. The van der Waals surface area contributed by atoms with Gasteiger partial charge in [-0.3, -0.25) is 0 Å². The van der Waals surface area contributed by atoms with Crippen molar-refractivity contribution in [3.63, 3.8) is 0 Å². The molecule has 0 aromatic carbocycles. The van der Waals surface area contributed by atoms with Crippen molar-refractivity contribution in [3.05, 3.63) is 0 Å². The van der Waals surface area contributed by atoms with Gasteiger partial charge in [0.2, 0.25) is 0 Å². The fourth-order valence-electron chi connectivity index (χ4n) is 2.38. The Hall–Kier alpha value is -0.110. The largest absolute Gasteiger partial charge is 0.303 e. The molecule has 1 saturated heterocycles. The fraction of sp³-hybridized carbons (Fsp3) is 1.00. The first-order valence-corrected chi connectivity index (χ1v) is 3.99. The number of hydrogen-bond donors (Lipinski definition) is 0. The lowest BCUT2D eigenvalue weighted by molar-refractivity contribution is 0.0755. The summed E-state index contributed by atoms with van der Waals surface area (Å²) in [7, 11) is 2.10. The molecule has 1 nitrogen and oxygen atoms in total. The van der Waals surface area contributed by atoms with Crippen LogP contribution in [-0.2, 0) is 0 Å². The van der Waals surface area contributed by atoms with Crippen LogP contribution in [0.1, 0.15) is 19.8 Å². The summed E-state index contributed by atoms with van der Waals surface area (Å²) in [5, 5.41) is 0. The van der Waals surface area contributed by atoms with Crippen molar-refractivity contribution in [3.8, 4) is 0 Å². The minimum atomic E-state index is -0.850. The average molecular weight is 143 g/mol. The predicted molar refractivity (Wildman–Crippen MR) is 38.7 cm³/mol. The first-order chi connectivity index (χ1) is 4.59. The smallest absolute Gasteiger partial charge is 0.113 e. The third kappa shape index (κ3) is 0.715. The van der Waals surface area contributed by atoms with Crippen LogP contribution in [0.15, 0.2) is 0 Å². The number of halogens is 1. The van der Waals surface area contributed by atoms with Crippen molar-refractivity contribution in [1.82, 2.24) is 4.90 Å². The number of hydrogen-bond acceptors (Lipinski definition) is 1. The Morgan fingerprint density at radius 3 is 2.60 bits per heavy atom. The molecule has 2 rings (SSSR count). The van der Waals surface area contributed by atoms with Crippen LogP contribution in [0.3, 0.4) is 0 Å². The van der Waals surface area contributed by atoms with E-state index in [1.165, 1.54) is 0 Å². The molecular formula is C8H14FN. The Morgan fingerprint density at radius 1 is 1.60 bits per heavy atom. The Bertz CT molecular complexity index is 153. The maximum atomic E-state index is 13.5. The molecule has 1 aliphatic heterocycles. The van der Waals surface area contributed by atoms with Crippen LogP contribution in [0.5, 0.6) is 0 Å². The Labute approximate surface area is 61.2 Å². The van der Waals surface area contributed by atoms with Gasteiger partial charge in [0.1, 0.15) is 5.67 Å². The van der Waals surface area contributed by atoms with Crippen LogP contribution in [0, 0.1) is 5.92 Å². The molecular weight excluding hydrogens is 129 g/mol. The third-order valence-electron chi connectivity index (χ3n) is 3.17. The number of piperidine rings is 1. The van der Waals surface area contributed by atoms with E-state index >= 15 is 0 Å². The van der Waals surface area contributed by atoms with Crippen LogP contribution in [0.25, 0.3) is 0 Å². The van der Waals surface area contributed by atoms with Crippen molar-refractivity contribution in [1.29, 1.82) is 0 Å². The standard InChI is InChI=1S/C8H14FN/c1-8(9)4-7-3-6(8)5-10(7)2/h6-7H,3-5H2,1-2H3/t6-,7-,8?/m0/s1. The Balaban J connectivity index is 2.16. The van der Waals surface area contributed by atoms with E-state index in [1.54, 1.807) is 6.92 Å². The summed E-state index contributed by atoms with van der Waals surface area (Å²) in [5.41, 5.74) is -0.850. The van der Waals surface area contributed by atoms with E-state index in [4.69, 9.17) is 0 Å². The molecule has 2 heteroatoms. The van der Waals surface area contributed by atoms with Gasteiger partial charge in [0.05, 0.1) is 0 Å². The fourth-order valence-corrected chi connectivity index (χ4v) is 2.38. The number of alkyl halides is 1. The zero-order valence-electron chi connectivity index (χ0n) is 6.60. The second-order valence-corrected chi connectivity index (χ2v) is 4.01. The lowest BCUT2D eigenvalue weighted by atomic mass is 9.94. The van der Waals surface area contributed by atoms with Gasteiger partial charge in [0.25, 0.3) is 0 Å². The van der Waals surface area contributed by atoms with E-state index in [9.17, 15) is 4.39 Å². The molecule has 0 radical (unpaired) electrons. The molecule has 1 heterocycles. The molecule has 1 unspecified atom stereocenters.